The summed E-state index contributed by atoms with van der Waals surface area (Å²) in [6.07, 6.45) is 7.03. The normalized spacial score (nSPS) is 11.2. The number of aryl methyl sites for hydroxylation is 1. The highest BCUT2D eigenvalue weighted by atomic mass is 19.1. The van der Waals surface area contributed by atoms with E-state index in [2.05, 4.69) is 10.1 Å². The molecule has 0 aliphatic carbocycles. The fraction of sp³-hybridized carbons (Fsp3) is 0.0588. The van der Waals surface area contributed by atoms with Crippen molar-refractivity contribution in [2.45, 2.75) is 6.92 Å². The Morgan fingerprint density at radius 1 is 1.17 bits per heavy atom. The van der Waals surface area contributed by atoms with Crippen molar-refractivity contribution in [3.8, 4) is 16.9 Å². The van der Waals surface area contributed by atoms with Crippen LogP contribution in [0.15, 0.2) is 55.1 Å². The molecule has 2 N–H and O–H groups in total. The van der Waals surface area contributed by atoms with Gasteiger partial charge in [-0.2, -0.15) is 5.10 Å². The molecule has 0 saturated carbocycles. The lowest BCUT2D eigenvalue weighted by molar-refractivity contribution is 0.622. The molecule has 3 heterocycles. The van der Waals surface area contributed by atoms with Gasteiger partial charge in [-0.3, -0.25) is 9.55 Å². The van der Waals surface area contributed by atoms with Crippen LogP contribution in [0.4, 0.5) is 10.1 Å². The lowest BCUT2D eigenvalue weighted by atomic mass is 10.1. The topological polar surface area (TPSA) is 61.1 Å². The van der Waals surface area contributed by atoms with Crippen LogP contribution in [0.2, 0.25) is 0 Å². The number of anilines is 1. The zero-order valence-electron chi connectivity index (χ0n) is 12.4. The zero-order valence-corrected chi connectivity index (χ0v) is 12.4. The Hall–Kier alpha value is -3.15. The monoisotopic (exact) mass is 307 g/mol. The lowest BCUT2D eigenvalue weighted by Gasteiger charge is -2.10. The van der Waals surface area contributed by atoms with Gasteiger partial charge in [-0.15, -0.1) is 0 Å². The standard InChI is InChI=1S/C17H14FN5/c1-11-4-5-13(19)16(18)17(11)22-7-8-23-15(22)9-14(21-23)12-3-2-6-20-10-12/h2-10H,19H2,1H3. The Balaban J connectivity index is 1.93. The van der Waals surface area contributed by atoms with E-state index in [0.29, 0.717) is 5.69 Å². The van der Waals surface area contributed by atoms with E-state index in [0.717, 1.165) is 22.5 Å². The molecule has 6 heteroatoms. The van der Waals surface area contributed by atoms with Crippen molar-refractivity contribution in [2.75, 3.05) is 5.73 Å². The average Bonchev–Trinajstić information content (AvgIpc) is 3.14. The molecule has 0 amide bonds. The number of aromatic nitrogens is 4. The quantitative estimate of drug-likeness (QED) is 0.578. The SMILES string of the molecule is Cc1ccc(N)c(F)c1-n1ccn2nc(-c3cccnc3)cc12. The Morgan fingerprint density at radius 3 is 2.83 bits per heavy atom. The van der Waals surface area contributed by atoms with Gasteiger partial charge in [0, 0.05) is 36.4 Å². The van der Waals surface area contributed by atoms with Gasteiger partial charge in [0.25, 0.3) is 0 Å². The molecule has 0 saturated heterocycles. The number of fused-ring (bicyclic) bond motifs is 1. The van der Waals surface area contributed by atoms with E-state index >= 15 is 0 Å². The minimum Gasteiger partial charge on any atom is -0.396 e. The Labute approximate surface area is 131 Å². The van der Waals surface area contributed by atoms with Gasteiger partial charge in [0.2, 0.25) is 0 Å². The molecule has 0 spiro atoms. The number of imidazole rings is 1. The van der Waals surface area contributed by atoms with E-state index in [4.69, 9.17) is 5.73 Å². The molecule has 0 bridgehead atoms. The molecular formula is C17H14FN5. The number of rotatable bonds is 2. The summed E-state index contributed by atoms with van der Waals surface area (Å²) in [5.41, 5.74) is 9.55. The van der Waals surface area contributed by atoms with Gasteiger partial charge in [0.05, 0.1) is 17.1 Å². The van der Waals surface area contributed by atoms with Gasteiger partial charge < -0.3 is 5.73 Å². The number of hydrogen-bond acceptors (Lipinski definition) is 3. The molecule has 0 fully saturated rings. The van der Waals surface area contributed by atoms with E-state index in [1.54, 1.807) is 39.9 Å². The summed E-state index contributed by atoms with van der Waals surface area (Å²) in [4.78, 5) is 4.10. The third-order valence-corrected chi connectivity index (χ3v) is 3.87. The second-order valence-corrected chi connectivity index (χ2v) is 5.38. The molecule has 4 rings (SSSR count). The van der Waals surface area contributed by atoms with Gasteiger partial charge in [0.1, 0.15) is 5.65 Å². The molecule has 0 aliphatic rings. The van der Waals surface area contributed by atoms with Crippen LogP contribution in [-0.2, 0) is 0 Å². The molecule has 1 aromatic carbocycles. The predicted octanol–water partition coefficient (Wildman–Crippen LogP) is 3.22. The molecular weight excluding hydrogens is 293 g/mol. The van der Waals surface area contributed by atoms with Crippen LogP contribution in [0.1, 0.15) is 5.56 Å². The van der Waals surface area contributed by atoms with Gasteiger partial charge in [-0.05, 0) is 30.7 Å². The first-order valence-corrected chi connectivity index (χ1v) is 7.17. The van der Waals surface area contributed by atoms with Crippen LogP contribution >= 0.6 is 0 Å². The second kappa shape index (κ2) is 4.95. The molecule has 0 unspecified atom stereocenters. The highest BCUT2D eigenvalue weighted by Gasteiger charge is 2.15. The molecule has 23 heavy (non-hydrogen) atoms. The maximum absolute atomic E-state index is 14.5. The lowest BCUT2D eigenvalue weighted by Crippen LogP contribution is -2.03. The third kappa shape index (κ3) is 2.07. The van der Waals surface area contributed by atoms with Gasteiger partial charge in [-0.25, -0.2) is 8.91 Å². The van der Waals surface area contributed by atoms with E-state index in [-0.39, 0.29) is 5.69 Å². The van der Waals surface area contributed by atoms with Crippen LogP contribution in [0.5, 0.6) is 0 Å². The van der Waals surface area contributed by atoms with Crippen molar-refractivity contribution in [1.82, 2.24) is 19.2 Å². The van der Waals surface area contributed by atoms with E-state index < -0.39 is 5.82 Å². The van der Waals surface area contributed by atoms with Crippen molar-refractivity contribution in [1.29, 1.82) is 0 Å². The molecule has 114 valence electrons. The van der Waals surface area contributed by atoms with Gasteiger partial charge >= 0.3 is 0 Å². The molecule has 3 aromatic heterocycles. The van der Waals surface area contributed by atoms with Crippen LogP contribution < -0.4 is 5.73 Å². The fourth-order valence-electron chi connectivity index (χ4n) is 2.70. The highest BCUT2D eigenvalue weighted by molar-refractivity contribution is 5.66. The Bertz CT molecular complexity index is 1000. The van der Waals surface area contributed by atoms with E-state index in [1.165, 1.54) is 0 Å². The molecule has 4 aromatic rings. The second-order valence-electron chi connectivity index (χ2n) is 5.38. The minimum atomic E-state index is -0.424. The number of nitrogens with zero attached hydrogens (tertiary/aromatic N) is 4. The number of nitrogens with two attached hydrogens (primary N) is 1. The molecule has 5 nitrogen and oxygen atoms in total. The molecule has 0 aliphatic heterocycles. The van der Waals surface area contributed by atoms with Crippen LogP contribution in [0.3, 0.4) is 0 Å². The average molecular weight is 307 g/mol. The summed E-state index contributed by atoms with van der Waals surface area (Å²) in [5.74, 6) is -0.424. The number of nitrogen functional groups attached to an aromatic ring is 1. The van der Waals surface area contributed by atoms with Crippen molar-refractivity contribution in [3.63, 3.8) is 0 Å². The number of benzene rings is 1. The maximum atomic E-state index is 14.5. The smallest absolute Gasteiger partial charge is 0.170 e. The van der Waals surface area contributed by atoms with Crippen LogP contribution in [0, 0.1) is 12.7 Å². The Morgan fingerprint density at radius 2 is 2.04 bits per heavy atom. The minimum absolute atomic E-state index is 0.129. The summed E-state index contributed by atoms with van der Waals surface area (Å²) < 4.78 is 18.0. The molecule has 0 atom stereocenters. The number of pyridine rings is 1. The number of halogens is 1. The van der Waals surface area contributed by atoms with Crippen molar-refractivity contribution in [3.05, 3.63) is 66.5 Å². The summed E-state index contributed by atoms with van der Waals surface area (Å²) in [7, 11) is 0. The third-order valence-electron chi connectivity index (χ3n) is 3.87. The van der Waals surface area contributed by atoms with Gasteiger partial charge in [0.15, 0.2) is 5.82 Å². The maximum Gasteiger partial charge on any atom is 0.170 e. The Kier molecular flexibility index (Phi) is 2.90. The van der Waals surface area contributed by atoms with Crippen molar-refractivity contribution >= 4 is 11.3 Å². The van der Waals surface area contributed by atoms with Gasteiger partial charge in [-0.1, -0.05) is 6.07 Å². The predicted molar refractivity (Wildman–Crippen MR) is 86.9 cm³/mol. The molecule has 0 radical (unpaired) electrons. The van der Waals surface area contributed by atoms with Crippen LogP contribution in [-0.4, -0.2) is 19.2 Å². The first-order chi connectivity index (χ1) is 11.1. The fourth-order valence-corrected chi connectivity index (χ4v) is 2.70. The summed E-state index contributed by atoms with van der Waals surface area (Å²) in [5, 5.41) is 4.51. The van der Waals surface area contributed by atoms with Crippen LogP contribution in [0.25, 0.3) is 22.6 Å². The first kappa shape index (κ1) is 13.5. The highest BCUT2D eigenvalue weighted by Crippen LogP contribution is 2.27. The summed E-state index contributed by atoms with van der Waals surface area (Å²) in [6.45, 7) is 1.85. The van der Waals surface area contributed by atoms with Crippen molar-refractivity contribution in [2.24, 2.45) is 0 Å². The summed E-state index contributed by atoms with van der Waals surface area (Å²) >= 11 is 0. The van der Waals surface area contributed by atoms with E-state index in [1.807, 2.05) is 31.2 Å². The summed E-state index contributed by atoms with van der Waals surface area (Å²) in [6, 6.07) is 9.08. The largest absolute Gasteiger partial charge is 0.396 e. The van der Waals surface area contributed by atoms with Crippen molar-refractivity contribution < 1.29 is 4.39 Å². The van der Waals surface area contributed by atoms with E-state index in [9.17, 15) is 4.39 Å². The zero-order chi connectivity index (χ0) is 16.0. The number of hydrogen-bond donors (Lipinski definition) is 1. The first-order valence-electron chi connectivity index (χ1n) is 7.17.